The van der Waals surface area contributed by atoms with Gasteiger partial charge in [-0.3, -0.25) is 0 Å². The summed E-state index contributed by atoms with van der Waals surface area (Å²) in [5.41, 5.74) is 26.8. The summed E-state index contributed by atoms with van der Waals surface area (Å²) in [7, 11) is 0. The Hall–Kier alpha value is -14.3. The Balaban J connectivity index is 0.000000193. The summed E-state index contributed by atoms with van der Waals surface area (Å²) in [6.07, 6.45) is 0. The van der Waals surface area contributed by atoms with E-state index in [0.29, 0.717) is 0 Å². The van der Waals surface area contributed by atoms with Crippen LogP contribution >= 0.6 is 0 Å². The van der Waals surface area contributed by atoms with E-state index in [4.69, 9.17) is 0 Å². The average molecular weight is 1390 g/mol. The van der Waals surface area contributed by atoms with E-state index in [1.807, 2.05) is 0 Å². The second-order valence-corrected chi connectivity index (χ2v) is 28.9. The first-order valence-corrected chi connectivity index (χ1v) is 38.1. The fourth-order valence-electron chi connectivity index (χ4n) is 17.2. The number of benzene rings is 21. The van der Waals surface area contributed by atoms with Gasteiger partial charge in [0.15, 0.2) is 0 Å². The molecule has 0 saturated heterocycles. The van der Waals surface area contributed by atoms with Gasteiger partial charge in [0.2, 0.25) is 0 Å². The molecule has 0 unspecified atom stereocenters. The highest BCUT2D eigenvalue weighted by Gasteiger charge is 2.22. The van der Waals surface area contributed by atoms with Gasteiger partial charge in [-0.25, -0.2) is 0 Å². The molecule has 0 atom stereocenters. The van der Waals surface area contributed by atoms with Crippen molar-refractivity contribution in [2.45, 2.75) is 0 Å². The molecule has 110 heavy (non-hydrogen) atoms. The van der Waals surface area contributed by atoms with Crippen LogP contribution in [0.15, 0.2) is 437 Å². The largest absolute Gasteiger partial charge is 0.0622 e. The number of hydrogen-bond donors (Lipinski definition) is 0. The van der Waals surface area contributed by atoms with Gasteiger partial charge in [0.1, 0.15) is 0 Å². The smallest absolute Gasteiger partial charge is 0.00261 e. The zero-order valence-corrected chi connectivity index (χ0v) is 60.6. The van der Waals surface area contributed by atoms with Gasteiger partial charge < -0.3 is 0 Å². The molecule has 0 spiro atoms. The van der Waals surface area contributed by atoms with Crippen LogP contribution in [0.4, 0.5) is 0 Å². The molecule has 0 saturated carbocycles. The van der Waals surface area contributed by atoms with E-state index in [9.17, 15) is 0 Å². The van der Waals surface area contributed by atoms with Gasteiger partial charge in [-0.05, 0) is 239 Å². The van der Waals surface area contributed by atoms with Gasteiger partial charge >= 0.3 is 0 Å². The van der Waals surface area contributed by atoms with E-state index in [-0.39, 0.29) is 0 Å². The van der Waals surface area contributed by atoms with Crippen LogP contribution in [-0.4, -0.2) is 0 Å². The Kier molecular flexibility index (Phi) is 16.7. The van der Waals surface area contributed by atoms with Gasteiger partial charge in [-0.15, -0.1) is 0 Å². The molecule has 0 aliphatic rings. The van der Waals surface area contributed by atoms with Gasteiger partial charge in [0, 0.05) is 0 Å². The third-order valence-electron chi connectivity index (χ3n) is 22.5. The van der Waals surface area contributed by atoms with Crippen LogP contribution in [0.2, 0.25) is 0 Å². The van der Waals surface area contributed by atoms with Crippen molar-refractivity contribution in [3.05, 3.63) is 437 Å². The third-order valence-corrected chi connectivity index (χ3v) is 22.5. The normalized spacial score (nSPS) is 11.5. The van der Waals surface area contributed by atoms with Gasteiger partial charge in [-0.2, -0.15) is 0 Å². The van der Waals surface area contributed by atoms with E-state index in [0.717, 1.165) is 0 Å². The van der Waals surface area contributed by atoms with Crippen LogP contribution in [0.3, 0.4) is 0 Å². The van der Waals surface area contributed by atoms with Crippen LogP contribution in [0.5, 0.6) is 0 Å². The van der Waals surface area contributed by atoms with Crippen LogP contribution in [0.25, 0.3) is 209 Å². The lowest BCUT2D eigenvalue weighted by molar-refractivity contribution is 1.60. The highest BCUT2D eigenvalue weighted by Crippen LogP contribution is 2.50. The first-order chi connectivity index (χ1) is 54.5. The zero-order chi connectivity index (χ0) is 72.9. The number of rotatable bonds is 11. The molecule has 21 rings (SSSR count). The molecule has 512 valence electrons. The Morgan fingerprint density at radius 1 is 0.0818 bits per heavy atom. The van der Waals surface area contributed by atoms with E-state index in [1.165, 1.54) is 209 Å². The molecule has 0 heteroatoms. The van der Waals surface area contributed by atoms with E-state index >= 15 is 0 Å². The molecule has 0 fully saturated rings. The topological polar surface area (TPSA) is 0 Å². The fraction of sp³-hybridized carbons (Fsp3) is 0. The summed E-state index contributed by atoms with van der Waals surface area (Å²) in [6, 6.07) is 160. The summed E-state index contributed by atoms with van der Waals surface area (Å²) in [6.45, 7) is 0. The Bertz CT molecular complexity index is 6750. The maximum absolute atomic E-state index is 2.46. The first kappa shape index (κ1) is 65.2. The molecule has 0 radical (unpaired) electrons. The van der Waals surface area contributed by atoms with Gasteiger partial charge in [-0.1, -0.05) is 406 Å². The second-order valence-electron chi connectivity index (χ2n) is 28.9. The van der Waals surface area contributed by atoms with Crippen molar-refractivity contribution in [2.75, 3.05) is 0 Å². The molecule has 0 aliphatic carbocycles. The van der Waals surface area contributed by atoms with E-state index < -0.39 is 0 Å². The first-order valence-electron chi connectivity index (χ1n) is 38.1. The minimum Gasteiger partial charge on any atom is -0.0622 e. The SMILES string of the molecule is c1cc(-c2ccc3ccccc3c2)cc(-c2c3ccccc3cc3c2ccc2ccccc23)c1.c1ccc(-c2ccc(-c3c4ccccc4c(-c4ccc(-c5ccccc5)cc4)c4cc(-c5ccc6c(-c7ccc(-c8ccccc8)cc7)c7ccccc7c(-c7ccc(-c8ccccc8)cc7)c6c5)ccc34)cc2)cc1. The van der Waals surface area contributed by atoms with Gasteiger partial charge in [0.05, 0.1) is 0 Å². The van der Waals surface area contributed by atoms with E-state index in [2.05, 4.69) is 437 Å². The minimum atomic E-state index is 1.17. The van der Waals surface area contributed by atoms with Crippen LogP contribution < -0.4 is 0 Å². The van der Waals surface area contributed by atoms with Crippen LogP contribution in [-0.2, 0) is 0 Å². The molecule has 0 amide bonds. The Morgan fingerprint density at radius 3 is 0.764 bits per heavy atom. The summed E-state index contributed by atoms with van der Waals surface area (Å²) < 4.78 is 0. The summed E-state index contributed by atoms with van der Waals surface area (Å²) in [5.74, 6) is 0. The predicted molar refractivity (Wildman–Crippen MR) is 473 cm³/mol. The molecular formula is C110H72. The molecule has 0 heterocycles. The predicted octanol–water partition coefficient (Wildman–Crippen LogP) is 30.9. The Morgan fingerprint density at radius 2 is 0.327 bits per heavy atom. The molecular weight excluding hydrogens is 1320 g/mol. The molecule has 0 bridgehead atoms. The van der Waals surface area contributed by atoms with Crippen molar-refractivity contribution in [1.82, 2.24) is 0 Å². The van der Waals surface area contributed by atoms with Crippen molar-refractivity contribution in [1.29, 1.82) is 0 Å². The van der Waals surface area contributed by atoms with Crippen LogP contribution in [0, 0.1) is 0 Å². The average Bonchev–Trinajstić information content (AvgIpc) is 0.733. The maximum atomic E-state index is 2.46. The third kappa shape index (κ3) is 12.0. The van der Waals surface area contributed by atoms with Crippen molar-refractivity contribution in [2.24, 2.45) is 0 Å². The molecule has 0 nitrogen and oxygen atoms in total. The highest BCUT2D eigenvalue weighted by molar-refractivity contribution is 6.25. The second kappa shape index (κ2) is 28.2. The van der Waals surface area contributed by atoms with E-state index in [1.54, 1.807) is 0 Å². The zero-order valence-electron chi connectivity index (χ0n) is 60.6. The van der Waals surface area contributed by atoms with Gasteiger partial charge in [0.25, 0.3) is 0 Å². The highest BCUT2D eigenvalue weighted by atomic mass is 14.3. The van der Waals surface area contributed by atoms with Crippen molar-refractivity contribution >= 4 is 86.2 Å². The number of fused-ring (bicyclic) bond motifs is 9. The maximum Gasteiger partial charge on any atom is -0.00261 e. The lowest BCUT2D eigenvalue weighted by Crippen LogP contribution is -1.93. The molecule has 21 aromatic rings. The lowest BCUT2D eigenvalue weighted by Gasteiger charge is -2.20. The summed E-state index contributed by atoms with van der Waals surface area (Å²) in [4.78, 5) is 0. The minimum absolute atomic E-state index is 1.17. The lowest BCUT2D eigenvalue weighted by atomic mass is 9.83. The van der Waals surface area contributed by atoms with Crippen molar-refractivity contribution in [3.8, 4) is 122 Å². The van der Waals surface area contributed by atoms with Crippen LogP contribution in [0.1, 0.15) is 0 Å². The van der Waals surface area contributed by atoms with Crippen molar-refractivity contribution < 1.29 is 0 Å². The monoisotopic (exact) mass is 1390 g/mol. The Labute approximate surface area is 641 Å². The quantitative estimate of drug-likeness (QED) is 0.0894. The fourth-order valence-corrected chi connectivity index (χ4v) is 17.2. The molecule has 0 N–H and O–H groups in total. The molecule has 0 aliphatic heterocycles. The molecule has 21 aromatic carbocycles. The standard InChI is InChI=1S/C76H50.C34H22/c1-5-17-51(18-6-1)55-29-37-59(38-30-55)73-65-25-13-15-27-67(65)75(61-41-33-57(34-42-61)53-21-9-3-10-22-53)71-49-63(45-47-69(71)73)64-46-48-70-72(50-64)76(62-43-35-58(36-44-62)54-23-11-4-12-24-54)68-28-16-14-26-66(68)74(70)60-39-31-56(32-40-60)52-19-7-2-8-20-52;1-2-10-25-20-27(17-16-23(25)8-1)26-12-7-13-29(21-26)34-31-15-6-4-11-28(31)22-33-30-14-5-3-9-24(30)18-19-32(33)34/h1-50H;1-22H. The summed E-state index contributed by atoms with van der Waals surface area (Å²) in [5, 5.41) is 20.1. The van der Waals surface area contributed by atoms with Crippen molar-refractivity contribution in [3.63, 3.8) is 0 Å². The number of hydrogen-bond acceptors (Lipinski definition) is 0. The molecule has 0 aromatic heterocycles. The summed E-state index contributed by atoms with van der Waals surface area (Å²) >= 11 is 0.